The monoisotopic (exact) mass is 261 g/mol. The van der Waals surface area contributed by atoms with E-state index in [1.54, 1.807) is 23.9 Å². The molecule has 1 nitrogen and oxygen atoms in total. The Hall–Kier alpha value is -1.32. The second-order valence-corrected chi connectivity index (χ2v) is 5.19. The molecule has 0 heterocycles. The molecule has 0 aliphatic rings. The molecule has 0 atom stereocenters. The van der Waals surface area contributed by atoms with Crippen LogP contribution in [0.2, 0.25) is 0 Å². The summed E-state index contributed by atoms with van der Waals surface area (Å²) in [5.74, 6) is 0.837. The summed E-state index contributed by atoms with van der Waals surface area (Å²) < 4.78 is 13.1. The lowest BCUT2D eigenvalue weighted by atomic mass is 10.1. The van der Waals surface area contributed by atoms with Crippen LogP contribution in [0.5, 0.6) is 0 Å². The van der Waals surface area contributed by atoms with Crippen LogP contribution >= 0.6 is 11.8 Å². The van der Waals surface area contributed by atoms with Gasteiger partial charge in [0, 0.05) is 4.90 Å². The fourth-order valence-corrected chi connectivity index (χ4v) is 2.56. The maximum absolute atomic E-state index is 13.1. The molecule has 2 N–H and O–H groups in total. The molecule has 0 saturated carbocycles. The molecule has 0 aromatic heterocycles. The molecule has 2 rings (SSSR count). The van der Waals surface area contributed by atoms with Gasteiger partial charge in [0.1, 0.15) is 5.82 Å². The Kier molecular flexibility index (Phi) is 4.79. The largest absolute Gasteiger partial charge is 0.330 e. The van der Waals surface area contributed by atoms with Gasteiger partial charge in [-0.1, -0.05) is 24.3 Å². The SMILES string of the molecule is NCCCSc1ccc(-c2cccc(F)c2)cc1. The number of halogens is 1. The van der Waals surface area contributed by atoms with Gasteiger partial charge in [-0.3, -0.25) is 0 Å². The van der Waals surface area contributed by atoms with Crippen molar-refractivity contribution >= 4 is 11.8 Å². The van der Waals surface area contributed by atoms with Crippen molar-refractivity contribution in [2.75, 3.05) is 12.3 Å². The second-order valence-electron chi connectivity index (χ2n) is 4.03. The van der Waals surface area contributed by atoms with Gasteiger partial charge in [0.25, 0.3) is 0 Å². The molecule has 0 fully saturated rings. The first-order valence-corrected chi connectivity index (χ1v) is 6.97. The number of rotatable bonds is 5. The Balaban J connectivity index is 2.07. The molecule has 0 bridgehead atoms. The lowest BCUT2D eigenvalue weighted by Gasteiger charge is -2.04. The topological polar surface area (TPSA) is 26.0 Å². The molecule has 0 unspecified atom stereocenters. The molecule has 0 radical (unpaired) electrons. The molecule has 3 heteroatoms. The van der Waals surface area contributed by atoms with Gasteiger partial charge in [-0.2, -0.15) is 0 Å². The molecule has 0 aliphatic carbocycles. The van der Waals surface area contributed by atoms with Crippen molar-refractivity contribution in [3.05, 3.63) is 54.3 Å². The third-order valence-corrected chi connectivity index (χ3v) is 3.73. The molecule has 0 aliphatic heterocycles. The molecule has 18 heavy (non-hydrogen) atoms. The van der Waals surface area contributed by atoms with Crippen LogP contribution in [-0.2, 0) is 0 Å². The molecule has 94 valence electrons. The van der Waals surface area contributed by atoms with E-state index >= 15 is 0 Å². The van der Waals surface area contributed by atoms with Crippen molar-refractivity contribution in [1.29, 1.82) is 0 Å². The summed E-state index contributed by atoms with van der Waals surface area (Å²) >= 11 is 1.80. The van der Waals surface area contributed by atoms with E-state index < -0.39 is 0 Å². The molecule has 0 spiro atoms. The first-order chi connectivity index (χ1) is 8.79. The van der Waals surface area contributed by atoms with Crippen molar-refractivity contribution in [2.45, 2.75) is 11.3 Å². The van der Waals surface area contributed by atoms with Gasteiger partial charge >= 0.3 is 0 Å². The summed E-state index contributed by atoms with van der Waals surface area (Å²) in [6.45, 7) is 0.731. The number of thioether (sulfide) groups is 1. The smallest absolute Gasteiger partial charge is 0.123 e. The predicted octanol–water partition coefficient (Wildman–Crippen LogP) is 3.93. The van der Waals surface area contributed by atoms with Crippen LogP contribution < -0.4 is 5.73 Å². The summed E-state index contributed by atoms with van der Waals surface area (Å²) in [7, 11) is 0. The highest BCUT2D eigenvalue weighted by Gasteiger charge is 2.00. The lowest BCUT2D eigenvalue weighted by molar-refractivity contribution is 0.628. The number of nitrogens with two attached hydrogens (primary N) is 1. The van der Waals surface area contributed by atoms with Crippen LogP contribution in [0.15, 0.2) is 53.4 Å². The number of hydrogen-bond donors (Lipinski definition) is 1. The molecule has 0 saturated heterocycles. The van der Waals surface area contributed by atoms with Crippen LogP contribution in [0.25, 0.3) is 11.1 Å². The van der Waals surface area contributed by atoms with Crippen molar-refractivity contribution < 1.29 is 4.39 Å². The summed E-state index contributed by atoms with van der Waals surface area (Å²) in [5, 5.41) is 0. The Labute approximate surface area is 111 Å². The van der Waals surface area contributed by atoms with Crippen LogP contribution in [0.1, 0.15) is 6.42 Å². The average molecular weight is 261 g/mol. The third-order valence-electron chi connectivity index (χ3n) is 2.63. The zero-order valence-corrected chi connectivity index (χ0v) is 10.9. The summed E-state index contributed by atoms with van der Waals surface area (Å²) in [6, 6.07) is 14.9. The summed E-state index contributed by atoms with van der Waals surface area (Å²) in [5.41, 5.74) is 7.41. The standard InChI is InChI=1S/C15H16FNS/c16-14-4-1-3-13(11-14)12-5-7-15(8-6-12)18-10-2-9-17/h1,3-8,11H,2,9-10,17H2. The van der Waals surface area contributed by atoms with E-state index in [1.807, 2.05) is 18.2 Å². The van der Waals surface area contributed by atoms with Crippen molar-refractivity contribution in [3.8, 4) is 11.1 Å². The normalized spacial score (nSPS) is 10.6. The molecule has 2 aromatic rings. The fraction of sp³-hybridized carbons (Fsp3) is 0.200. The minimum absolute atomic E-state index is 0.200. The lowest BCUT2D eigenvalue weighted by Crippen LogP contribution is -1.99. The fourth-order valence-electron chi connectivity index (χ4n) is 1.69. The third kappa shape index (κ3) is 3.59. The Morgan fingerprint density at radius 1 is 1.00 bits per heavy atom. The summed E-state index contributed by atoms with van der Waals surface area (Å²) in [6.07, 6.45) is 1.02. The van der Waals surface area contributed by atoms with Gasteiger partial charge < -0.3 is 5.73 Å². The van der Waals surface area contributed by atoms with E-state index in [0.717, 1.165) is 29.8 Å². The van der Waals surface area contributed by atoms with Crippen molar-refractivity contribution in [1.82, 2.24) is 0 Å². The van der Waals surface area contributed by atoms with E-state index in [-0.39, 0.29) is 5.82 Å². The molecular formula is C15H16FNS. The van der Waals surface area contributed by atoms with Gasteiger partial charge in [-0.15, -0.1) is 11.8 Å². The number of hydrogen-bond acceptors (Lipinski definition) is 2. The first-order valence-electron chi connectivity index (χ1n) is 5.98. The Bertz CT molecular complexity index is 496. The maximum Gasteiger partial charge on any atom is 0.123 e. The van der Waals surface area contributed by atoms with E-state index in [9.17, 15) is 4.39 Å². The van der Waals surface area contributed by atoms with Gasteiger partial charge in [-0.25, -0.2) is 4.39 Å². The maximum atomic E-state index is 13.1. The van der Waals surface area contributed by atoms with E-state index in [2.05, 4.69) is 12.1 Å². The van der Waals surface area contributed by atoms with E-state index in [4.69, 9.17) is 5.73 Å². The minimum Gasteiger partial charge on any atom is -0.330 e. The zero-order valence-electron chi connectivity index (χ0n) is 10.1. The Morgan fingerprint density at radius 3 is 2.44 bits per heavy atom. The minimum atomic E-state index is -0.200. The predicted molar refractivity (Wildman–Crippen MR) is 76.2 cm³/mol. The van der Waals surface area contributed by atoms with Gasteiger partial charge in [0.2, 0.25) is 0 Å². The zero-order chi connectivity index (χ0) is 12.8. The number of benzene rings is 2. The van der Waals surface area contributed by atoms with Crippen LogP contribution in [0, 0.1) is 5.82 Å². The molecule has 2 aromatic carbocycles. The highest BCUT2D eigenvalue weighted by atomic mass is 32.2. The first kappa shape index (κ1) is 13.1. The van der Waals surface area contributed by atoms with Crippen molar-refractivity contribution in [3.63, 3.8) is 0 Å². The van der Waals surface area contributed by atoms with Crippen LogP contribution in [0.4, 0.5) is 4.39 Å². The van der Waals surface area contributed by atoms with Gasteiger partial charge in [0.15, 0.2) is 0 Å². The van der Waals surface area contributed by atoms with Gasteiger partial charge in [0.05, 0.1) is 0 Å². The Morgan fingerprint density at radius 2 is 1.78 bits per heavy atom. The van der Waals surface area contributed by atoms with Crippen LogP contribution in [-0.4, -0.2) is 12.3 Å². The van der Waals surface area contributed by atoms with Crippen molar-refractivity contribution in [2.24, 2.45) is 5.73 Å². The molecular weight excluding hydrogens is 245 g/mol. The average Bonchev–Trinajstić information content (AvgIpc) is 2.40. The highest BCUT2D eigenvalue weighted by molar-refractivity contribution is 7.99. The second kappa shape index (κ2) is 6.57. The molecule has 0 amide bonds. The highest BCUT2D eigenvalue weighted by Crippen LogP contribution is 2.24. The van der Waals surface area contributed by atoms with Gasteiger partial charge in [-0.05, 0) is 54.1 Å². The van der Waals surface area contributed by atoms with Crippen LogP contribution in [0.3, 0.4) is 0 Å². The van der Waals surface area contributed by atoms with E-state index in [1.165, 1.54) is 11.0 Å². The van der Waals surface area contributed by atoms with E-state index in [0.29, 0.717) is 0 Å². The summed E-state index contributed by atoms with van der Waals surface area (Å²) in [4.78, 5) is 1.23. The quantitative estimate of drug-likeness (QED) is 0.652.